The van der Waals surface area contributed by atoms with Crippen molar-refractivity contribution in [3.8, 4) is 0 Å². The van der Waals surface area contributed by atoms with Gasteiger partial charge in [-0.05, 0) is 12.5 Å². The van der Waals surface area contributed by atoms with Crippen LogP contribution in [0.15, 0.2) is 30.3 Å². The number of likely N-dealkylation sites (N-methyl/N-ethyl adjacent to an activating group) is 1. The molecule has 0 spiro atoms. The molecule has 1 unspecified atom stereocenters. The van der Waals surface area contributed by atoms with Gasteiger partial charge in [0.2, 0.25) is 0 Å². The highest BCUT2D eigenvalue weighted by molar-refractivity contribution is 5.85. The van der Waals surface area contributed by atoms with E-state index in [1.54, 1.807) is 14.0 Å². The van der Waals surface area contributed by atoms with Gasteiger partial charge >= 0.3 is 5.97 Å². The number of carbonyl (C=O) groups excluding carboxylic acids is 2. The second kappa shape index (κ2) is 7.53. The van der Waals surface area contributed by atoms with Crippen molar-refractivity contribution in [3.63, 3.8) is 0 Å². The predicted molar refractivity (Wildman–Crippen MR) is 70.5 cm³/mol. The molecule has 0 aliphatic heterocycles. The number of rotatable bonds is 6. The maximum Gasteiger partial charge on any atom is 0.325 e. The zero-order valence-electron chi connectivity index (χ0n) is 11.5. The fourth-order valence-electron chi connectivity index (χ4n) is 1.69. The van der Waals surface area contributed by atoms with Gasteiger partial charge in [-0.25, -0.2) is 0 Å². The third kappa shape index (κ3) is 4.37. The van der Waals surface area contributed by atoms with Crippen molar-refractivity contribution in [2.24, 2.45) is 0 Å². The zero-order valence-corrected chi connectivity index (χ0v) is 11.5. The minimum atomic E-state index is -0.708. The Morgan fingerprint density at radius 1 is 1.26 bits per heavy atom. The summed E-state index contributed by atoms with van der Waals surface area (Å²) in [5.41, 5.74) is 0.755. The lowest BCUT2D eigenvalue weighted by molar-refractivity contribution is -0.151. The maximum atomic E-state index is 12.2. The fraction of sp³-hybridized carbons (Fsp3) is 0.429. The summed E-state index contributed by atoms with van der Waals surface area (Å²) in [7, 11) is 3.02. The van der Waals surface area contributed by atoms with Crippen LogP contribution in [0.5, 0.6) is 0 Å². The molecule has 0 saturated carbocycles. The summed E-state index contributed by atoms with van der Waals surface area (Å²) < 4.78 is 10.0. The Bertz CT molecular complexity index is 419. The second-order valence-electron chi connectivity index (χ2n) is 4.03. The van der Waals surface area contributed by atoms with Crippen LogP contribution in [0.2, 0.25) is 0 Å². The van der Waals surface area contributed by atoms with Crippen LogP contribution in [-0.4, -0.2) is 44.1 Å². The molecule has 1 rings (SSSR count). The molecule has 1 aromatic carbocycles. The number of benzene rings is 1. The van der Waals surface area contributed by atoms with Gasteiger partial charge in [0, 0.05) is 14.2 Å². The topological polar surface area (TPSA) is 55.8 Å². The Labute approximate surface area is 113 Å². The molecule has 19 heavy (non-hydrogen) atoms. The summed E-state index contributed by atoms with van der Waals surface area (Å²) in [6.45, 7) is 1.94. The van der Waals surface area contributed by atoms with E-state index in [-0.39, 0.29) is 12.5 Å². The van der Waals surface area contributed by atoms with E-state index in [2.05, 4.69) is 0 Å². The summed E-state index contributed by atoms with van der Waals surface area (Å²) in [4.78, 5) is 24.9. The molecule has 104 valence electrons. The molecule has 1 atom stereocenters. The van der Waals surface area contributed by atoms with Crippen molar-refractivity contribution in [3.05, 3.63) is 35.9 Å². The first-order chi connectivity index (χ1) is 9.10. The lowest BCUT2D eigenvalue weighted by atomic mass is 10.1. The number of esters is 1. The molecule has 5 nitrogen and oxygen atoms in total. The normalized spacial score (nSPS) is 11.7. The molecule has 0 N–H and O–H groups in total. The molecule has 5 heteroatoms. The van der Waals surface area contributed by atoms with E-state index in [1.165, 1.54) is 12.0 Å². The van der Waals surface area contributed by atoms with Crippen LogP contribution in [0, 0.1) is 0 Å². The molecule has 0 fully saturated rings. The summed E-state index contributed by atoms with van der Waals surface area (Å²) in [5.74, 6) is -0.706. The van der Waals surface area contributed by atoms with E-state index < -0.39 is 12.1 Å². The molecule has 0 heterocycles. The fourth-order valence-corrected chi connectivity index (χ4v) is 1.69. The average molecular weight is 265 g/mol. The van der Waals surface area contributed by atoms with Crippen molar-refractivity contribution in [1.29, 1.82) is 0 Å². The standard InChI is InChI=1S/C14H19NO4/c1-4-19-12(16)10-15(2)14(17)13(18-3)11-8-6-5-7-9-11/h5-9,13H,4,10H2,1-3H3. The van der Waals surface area contributed by atoms with E-state index in [9.17, 15) is 9.59 Å². The Kier molecular flexibility index (Phi) is 6.02. The summed E-state index contributed by atoms with van der Waals surface area (Å²) in [6.07, 6.45) is -0.708. The molecule has 0 saturated heterocycles. The Balaban J connectivity index is 2.71. The van der Waals surface area contributed by atoms with Gasteiger partial charge in [0.1, 0.15) is 6.54 Å². The van der Waals surface area contributed by atoms with Crippen LogP contribution in [0.3, 0.4) is 0 Å². The van der Waals surface area contributed by atoms with Crippen molar-refractivity contribution < 1.29 is 19.1 Å². The number of ether oxygens (including phenoxy) is 2. The average Bonchev–Trinajstić information content (AvgIpc) is 2.40. The molecular formula is C14H19NO4. The zero-order chi connectivity index (χ0) is 14.3. The first-order valence-corrected chi connectivity index (χ1v) is 6.08. The van der Waals surface area contributed by atoms with E-state index >= 15 is 0 Å². The third-order valence-corrected chi connectivity index (χ3v) is 2.61. The van der Waals surface area contributed by atoms with E-state index in [1.807, 2.05) is 30.3 Å². The Morgan fingerprint density at radius 3 is 2.42 bits per heavy atom. The highest BCUT2D eigenvalue weighted by Gasteiger charge is 2.24. The van der Waals surface area contributed by atoms with Crippen LogP contribution in [-0.2, 0) is 19.1 Å². The monoisotopic (exact) mass is 265 g/mol. The number of hydrogen-bond acceptors (Lipinski definition) is 4. The summed E-state index contributed by atoms with van der Waals surface area (Å²) in [5, 5.41) is 0. The first-order valence-electron chi connectivity index (χ1n) is 6.08. The highest BCUT2D eigenvalue weighted by Crippen LogP contribution is 2.18. The lowest BCUT2D eigenvalue weighted by Gasteiger charge is -2.22. The lowest BCUT2D eigenvalue weighted by Crippen LogP contribution is -2.37. The van der Waals surface area contributed by atoms with Gasteiger partial charge in [-0.15, -0.1) is 0 Å². The minimum Gasteiger partial charge on any atom is -0.465 e. The summed E-state index contributed by atoms with van der Waals surface area (Å²) in [6, 6.07) is 9.15. The van der Waals surface area contributed by atoms with E-state index in [4.69, 9.17) is 9.47 Å². The number of methoxy groups -OCH3 is 1. The summed E-state index contributed by atoms with van der Waals surface area (Å²) >= 11 is 0. The number of carbonyl (C=O) groups is 2. The van der Waals surface area contributed by atoms with Crippen molar-refractivity contribution >= 4 is 11.9 Å². The van der Waals surface area contributed by atoms with Crippen molar-refractivity contribution in [2.75, 3.05) is 27.3 Å². The SMILES string of the molecule is CCOC(=O)CN(C)C(=O)C(OC)c1ccccc1. The molecule has 1 amide bonds. The second-order valence-corrected chi connectivity index (χ2v) is 4.03. The van der Waals surface area contributed by atoms with Gasteiger partial charge in [-0.2, -0.15) is 0 Å². The van der Waals surface area contributed by atoms with Crippen molar-refractivity contribution in [1.82, 2.24) is 4.90 Å². The molecule has 0 aromatic heterocycles. The minimum absolute atomic E-state index is 0.0840. The van der Waals surface area contributed by atoms with Crippen LogP contribution in [0.1, 0.15) is 18.6 Å². The van der Waals surface area contributed by atoms with Crippen LogP contribution in [0.25, 0.3) is 0 Å². The van der Waals surface area contributed by atoms with Crippen LogP contribution >= 0.6 is 0 Å². The third-order valence-electron chi connectivity index (χ3n) is 2.61. The van der Waals surface area contributed by atoms with Crippen LogP contribution in [0.4, 0.5) is 0 Å². The number of nitrogens with zero attached hydrogens (tertiary/aromatic N) is 1. The van der Waals surface area contributed by atoms with Gasteiger partial charge in [0.15, 0.2) is 6.10 Å². The molecule has 0 bridgehead atoms. The first kappa shape index (κ1) is 15.2. The van der Waals surface area contributed by atoms with Gasteiger partial charge in [-0.3, -0.25) is 9.59 Å². The molecule has 0 aliphatic carbocycles. The van der Waals surface area contributed by atoms with Gasteiger partial charge in [0.05, 0.1) is 6.61 Å². The smallest absolute Gasteiger partial charge is 0.325 e. The largest absolute Gasteiger partial charge is 0.465 e. The molecule has 0 aliphatic rings. The maximum absolute atomic E-state index is 12.2. The molecule has 0 radical (unpaired) electrons. The predicted octanol–water partition coefficient (Wildman–Crippen LogP) is 1.40. The molecule has 1 aromatic rings. The Hall–Kier alpha value is -1.88. The van der Waals surface area contributed by atoms with E-state index in [0.717, 1.165) is 5.56 Å². The molecular weight excluding hydrogens is 246 g/mol. The van der Waals surface area contributed by atoms with Gasteiger partial charge < -0.3 is 14.4 Å². The van der Waals surface area contributed by atoms with Gasteiger partial charge in [-0.1, -0.05) is 30.3 Å². The number of amides is 1. The number of hydrogen-bond donors (Lipinski definition) is 0. The quantitative estimate of drug-likeness (QED) is 0.729. The van der Waals surface area contributed by atoms with Crippen LogP contribution < -0.4 is 0 Å². The highest BCUT2D eigenvalue weighted by atomic mass is 16.5. The van der Waals surface area contributed by atoms with Gasteiger partial charge in [0.25, 0.3) is 5.91 Å². The van der Waals surface area contributed by atoms with Crippen molar-refractivity contribution in [2.45, 2.75) is 13.0 Å². The Morgan fingerprint density at radius 2 is 1.89 bits per heavy atom. The van der Waals surface area contributed by atoms with E-state index in [0.29, 0.717) is 6.61 Å².